The number of anilines is 1. The average molecular weight is 410 g/mol. The topological polar surface area (TPSA) is 127 Å². The summed E-state index contributed by atoms with van der Waals surface area (Å²) in [6.45, 7) is 0. The van der Waals surface area contributed by atoms with E-state index in [-0.39, 0.29) is 22.0 Å². The van der Waals surface area contributed by atoms with Gasteiger partial charge in [-0.1, -0.05) is 5.16 Å². The van der Waals surface area contributed by atoms with Crippen molar-refractivity contribution in [1.29, 1.82) is 0 Å². The quantitative estimate of drug-likeness (QED) is 0.530. The lowest BCUT2D eigenvalue weighted by molar-refractivity contribution is -0.159. The van der Waals surface area contributed by atoms with E-state index in [1.165, 1.54) is 42.5 Å². The summed E-state index contributed by atoms with van der Waals surface area (Å²) in [6.07, 6.45) is -4.74. The Morgan fingerprint density at radius 1 is 1.00 bits per heavy atom. The molecule has 0 amide bonds. The highest BCUT2D eigenvalue weighted by molar-refractivity contribution is 7.92. The molecular weight excluding hydrogens is 401 g/mol. The van der Waals surface area contributed by atoms with Gasteiger partial charge >= 0.3 is 12.1 Å². The van der Waals surface area contributed by atoms with Crippen LogP contribution < -0.4 is 4.72 Å². The number of hydrogen-bond donors (Lipinski definition) is 2. The summed E-state index contributed by atoms with van der Waals surface area (Å²) in [6, 6.07) is 9.70. The molecule has 2 aromatic heterocycles. The van der Waals surface area contributed by atoms with Crippen LogP contribution >= 0.6 is 0 Å². The molecule has 4 rings (SSSR count). The second-order valence-corrected chi connectivity index (χ2v) is 7.26. The van der Waals surface area contributed by atoms with Crippen LogP contribution in [-0.2, 0) is 16.2 Å². The second-order valence-electron chi connectivity index (χ2n) is 5.58. The smallest absolute Gasteiger partial charge is 0.329 e. The van der Waals surface area contributed by atoms with Crippen LogP contribution in [0.2, 0.25) is 0 Å². The highest BCUT2D eigenvalue weighted by Crippen LogP contribution is 2.29. The minimum Gasteiger partial charge on any atom is -0.329 e. The maximum atomic E-state index is 12.5. The van der Waals surface area contributed by atoms with Gasteiger partial charge in [0.05, 0.1) is 4.90 Å². The largest absolute Gasteiger partial charge is 0.471 e. The normalized spacial score (nSPS) is 12.4. The third-order valence-electron chi connectivity index (χ3n) is 3.66. The maximum Gasteiger partial charge on any atom is 0.471 e. The van der Waals surface area contributed by atoms with Gasteiger partial charge in [0, 0.05) is 11.3 Å². The van der Waals surface area contributed by atoms with E-state index in [1.54, 1.807) is 0 Å². The van der Waals surface area contributed by atoms with Crippen LogP contribution in [0.5, 0.6) is 0 Å². The molecule has 144 valence electrons. The van der Waals surface area contributed by atoms with Crippen molar-refractivity contribution in [1.82, 2.24) is 25.6 Å². The van der Waals surface area contributed by atoms with E-state index in [9.17, 15) is 21.6 Å². The summed E-state index contributed by atoms with van der Waals surface area (Å²) in [7, 11) is -3.91. The van der Waals surface area contributed by atoms with Crippen molar-refractivity contribution < 1.29 is 26.1 Å². The Kier molecular flexibility index (Phi) is 4.03. The Labute approximate surface area is 154 Å². The molecule has 4 aromatic rings. The predicted octanol–water partition coefficient (Wildman–Crippen LogP) is 2.83. The highest BCUT2D eigenvalue weighted by Gasteiger charge is 2.38. The van der Waals surface area contributed by atoms with E-state index in [4.69, 9.17) is 0 Å². The Morgan fingerprint density at radius 2 is 1.71 bits per heavy atom. The Bertz CT molecular complexity index is 1250. The van der Waals surface area contributed by atoms with Gasteiger partial charge in [-0.25, -0.2) is 8.42 Å². The van der Waals surface area contributed by atoms with Gasteiger partial charge < -0.3 is 4.52 Å². The maximum absolute atomic E-state index is 12.5. The number of nitrogens with zero attached hydrogens (tertiary/aromatic N) is 4. The monoisotopic (exact) mass is 410 g/mol. The zero-order valence-electron chi connectivity index (χ0n) is 13.6. The molecule has 0 unspecified atom stereocenters. The molecule has 0 fully saturated rings. The highest BCUT2D eigenvalue weighted by atomic mass is 32.2. The first kappa shape index (κ1) is 17.9. The fraction of sp³-hybridized carbons (Fsp3) is 0.0667. The van der Waals surface area contributed by atoms with Crippen molar-refractivity contribution in [2.24, 2.45) is 0 Å². The van der Waals surface area contributed by atoms with Gasteiger partial charge in [0.25, 0.3) is 10.0 Å². The predicted molar refractivity (Wildman–Crippen MR) is 89.4 cm³/mol. The van der Waals surface area contributed by atoms with Crippen molar-refractivity contribution >= 4 is 26.7 Å². The van der Waals surface area contributed by atoms with E-state index in [0.717, 1.165) is 0 Å². The molecule has 9 nitrogen and oxygen atoms in total. The Balaban J connectivity index is 1.56. The van der Waals surface area contributed by atoms with Gasteiger partial charge in [-0.15, -0.1) is 0 Å². The molecular formula is C15H9F3N6O3S. The molecule has 2 aromatic carbocycles. The fourth-order valence-electron chi connectivity index (χ4n) is 2.34. The molecule has 0 spiro atoms. The number of alkyl halides is 3. The van der Waals surface area contributed by atoms with Gasteiger partial charge in [-0.3, -0.25) is 4.72 Å². The first-order valence-electron chi connectivity index (χ1n) is 7.57. The number of benzene rings is 2. The average Bonchev–Trinajstić information content (AvgIpc) is 3.30. The minimum absolute atomic E-state index is 0.0223. The van der Waals surface area contributed by atoms with E-state index in [2.05, 4.69) is 34.8 Å². The molecule has 0 atom stereocenters. The van der Waals surface area contributed by atoms with E-state index >= 15 is 0 Å². The van der Waals surface area contributed by atoms with Crippen molar-refractivity contribution in [3.05, 3.63) is 48.4 Å². The zero-order chi connectivity index (χ0) is 19.9. The molecule has 0 saturated carbocycles. The number of fused-ring (bicyclic) bond motifs is 1. The fourth-order valence-corrected chi connectivity index (χ4v) is 3.42. The summed E-state index contributed by atoms with van der Waals surface area (Å²) >= 11 is 0. The molecule has 0 aliphatic rings. The Hall–Kier alpha value is -3.48. The second kappa shape index (κ2) is 6.30. The summed E-state index contributed by atoms with van der Waals surface area (Å²) in [5.74, 6) is -1.73. The van der Waals surface area contributed by atoms with E-state index in [1.807, 2.05) is 0 Å². The molecule has 0 bridgehead atoms. The molecule has 13 heteroatoms. The number of H-pyrrole nitrogens is 1. The van der Waals surface area contributed by atoms with E-state index < -0.39 is 22.1 Å². The number of halogens is 3. The van der Waals surface area contributed by atoms with Gasteiger partial charge in [0.2, 0.25) is 5.82 Å². The van der Waals surface area contributed by atoms with Crippen LogP contribution in [0.3, 0.4) is 0 Å². The number of sulfonamides is 1. The van der Waals surface area contributed by atoms with Crippen LogP contribution in [0.15, 0.2) is 51.9 Å². The zero-order valence-corrected chi connectivity index (χ0v) is 14.4. The SMILES string of the molecule is O=S(=O)(Nc1ccc(-c2noc(C(F)(F)F)n2)cc1)c1ccc2n[nH]nc2c1. The van der Waals surface area contributed by atoms with Crippen LogP contribution in [0.1, 0.15) is 5.89 Å². The summed E-state index contributed by atoms with van der Waals surface area (Å²) < 4.78 is 69.1. The first-order chi connectivity index (χ1) is 13.2. The molecule has 0 saturated heterocycles. The van der Waals surface area contributed by atoms with Gasteiger partial charge in [0.15, 0.2) is 0 Å². The van der Waals surface area contributed by atoms with Crippen molar-refractivity contribution in [3.63, 3.8) is 0 Å². The standard InChI is InChI=1S/C15H9F3N6O3S/c16-15(17,18)14-19-13(22-27-14)8-1-3-9(4-2-8)23-28(25,26)10-5-6-11-12(7-10)21-24-20-11/h1-7,23H,(H,20,21,24). The van der Waals surface area contributed by atoms with Crippen LogP contribution in [0.4, 0.5) is 18.9 Å². The molecule has 0 aliphatic heterocycles. The summed E-state index contributed by atoms with van der Waals surface area (Å²) in [4.78, 5) is 3.25. The minimum atomic E-state index is -4.74. The number of hydrogen-bond acceptors (Lipinski definition) is 7. The van der Waals surface area contributed by atoms with E-state index in [0.29, 0.717) is 11.0 Å². The van der Waals surface area contributed by atoms with Gasteiger partial charge in [0.1, 0.15) is 11.0 Å². The van der Waals surface area contributed by atoms with Crippen LogP contribution in [0, 0.1) is 0 Å². The number of rotatable bonds is 4. The summed E-state index contributed by atoms with van der Waals surface area (Å²) in [5.41, 5.74) is 1.33. The lowest BCUT2D eigenvalue weighted by Gasteiger charge is -2.08. The Morgan fingerprint density at radius 3 is 2.39 bits per heavy atom. The first-order valence-corrected chi connectivity index (χ1v) is 9.05. The lowest BCUT2D eigenvalue weighted by atomic mass is 10.2. The molecule has 2 N–H and O–H groups in total. The van der Waals surface area contributed by atoms with Crippen molar-refractivity contribution in [2.75, 3.05) is 4.72 Å². The molecule has 2 heterocycles. The third kappa shape index (κ3) is 3.38. The van der Waals surface area contributed by atoms with Gasteiger partial charge in [-0.2, -0.15) is 33.6 Å². The van der Waals surface area contributed by atoms with Crippen LogP contribution in [0.25, 0.3) is 22.4 Å². The number of aromatic nitrogens is 5. The summed E-state index contributed by atoms with van der Waals surface area (Å²) in [5, 5.41) is 13.3. The molecule has 28 heavy (non-hydrogen) atoms. The van der Waals surface area contributed by atoms with Crippen molar-refractivity contribution in [3.8, 4) is 11.4 Å². The molecule has 0 radical (unpaired) electrons. The molecule has 0 aliphatic carbocycles. The van der Waals surface area contributed by atoms with Crippen molar-refractivity contribution in [2.45, 2.75) is 11.1 Å². The van der Waals surface area contributed by atoms with Crippen LogP contribution in [-0.4, -0.2) is 34.0 Å². The third-order valence-corrected chi connectivity index (χ3v) is 5.04. The number of aromatic amines is 1. The lowest BCUT2D eigenvalue weighted by Crippen LogP contribution is -2.12. The number of nitrogens with one attached hydrogen (secondary N) is 2. The van der Waals surface area contributed by atoms with Gasteiger partial charge in [-0.05, 0) is 42.5 Å².